The molecule has 0 radical (unpaired) electrons. The van der Waals surface area contributed by atoms with Crippen LogP contribution in [0.3, 0.4) is 0 Å². The lowest BCUT2D eigenvalue weighted by Gasteiger charge is -2.31. The van der Waals surface area contributed by atoms with Crippen molar-refractivity contribution in [2.45, 2.75) is 19.8 Å². The summed E-state index contributed by atoms with van der Waals surface area (Å²) >= 11 is 1.53. The molecule has 0 fully saturated rings. The molecule has 0 aromatic heterocycles. The van der Waals surface area contributed by atoms with Crippen LogP contribution in [0.2, 0.25) is 0 Å². The summed E-state index contributed by atoms with van der Waals surface area (Å²) in [6.07, 6.45) is 1.89. The first-order chi connectivity index (χ1) is 13.3. The smallest absolute Gasteiger partial charge is 0.336 e. The second-order valence-corrected chi connectivity index (χ2v) is 7.20. The van der Waals surface area contributed by atoms with E-state index in [4.69, 9.17) is 9.47 Å². The Morgan fingerprint density at radius 1 is 1.32 bits per heavy atom. The number of allylic oxidation sites excluding steroid dienone is 1. The van der Waals surface area contributed by atoms with E-state index in [1.807, 2.05) is 6.26 Å². The average molecular weight is 406 g/mol. The third-order valence-electron chi connectivity index (χ3n) is 4.46. The molecule has 0 spiro atoms. The van der Waals surface area contributed by atoms with Gasteiger partial charge in [-0.15, -0.1) is 0 Å². The highest BCUT2D eigenvalue weighted by Crippen LogP contribution is 2.40. The Labute approximate surface area is 167 Å². The summed E-state index contributed by atoms with van der Waals surface area (Å²) < 4.78 is 10.3. The SMILES string of the molecule is COC(=O)C1C(C)=NC(C)=C(C(=O)OCCSC)[C@H]1c1cccc([N+](=O)[O-])c1. The summed E-state index contributed by atoms with van der Waals surface area (Å²) in [6, 6.07) is 5.89. The molecule has 2 rings (SSSR count). The first-order valence-corrected chi connectivity index (χ1v) is 9.95. The fourth-order valence-electron chi connectivity index (χ4n) is 3.22. The van der Waals surface area contributed by atoms with Gasteiger partial charge < -0.3 is 9.47 Å². The number of benzene rings is 1. The van der Waals surface area contributed by atoms with Gasteiger partial charge in [-0.25, -0.2) is 4.79 Å². The van der Waals surface area contributed by atoms with Gasteiger partial charge in [0.05, 0.1) is 17.6 Å². The first kappa shape index (κ1) is 21.6. The number of esters is 2. The maximum Gasteiger partial charge on any atom is 0.336 e. The molecule has 0 saturated carbocycles. The Morgan fingerprint density at radius 3 is 2.64 bits per heavy atom. The van der Waals surface area contributed by atoms with Crippen LogP contribution in [0.25, 0.3) is 0 Å². The number of methoxy groups -OCH3 is 1. The molecule has 1 aromatic carbocycles. The molecule has 9 heteroatoms. The zero-order chi connectivity index (χ0) is 20.8. The molecule has 2 atom stereocenters. The summed E-state index contributed by atoms with van der Waals surface area (Å²) in [6.45, 7) is 3.54. The molecule has 1 aromatic rings. The quantitative estimate of drug-likeness (QED) is 0.296. The first-order valence-electron chi connectivity index (χ1n) is 8.56. The van der Waals surface area contributed by atoms with Crippen LogP contribution < -0.4 is 0 Å². The predicted molar refractivity (Wildman–Crippen MR) is 106 cm³/mol. The largest absolute Gasteiger partial charge is 0.468 e. The molecule has 1 aliphatic rings. The van der Waals surface area contributed by atoms with Crippen LogP contribution in [0.5, 0.6) is 0 Å². The number of carbonyl (C=O) groups excluding carboxylic acids is 2. The van der Waals surface area contributed by atoms with E-state index < -0.39 is 28.7 Å². The van der Waals surface area contributed by atoms with E-state index >= 15 is 0 Å². The number of carbonyl (C=O) groups is 2. The van der Waals surface area contributed by atoms with E-state index in [1.165, 1.54) is 37.1 Å². The van der Waals surface area contributed by atoms with Crippen molar-refractivity contribution in [2.75, 3.05) is 25.7 Å². The van der Waals surface area contributed by atoms with Crippen LogP contribution in [0.15, 0.2) is 40.5 Å². The number of ether oxygens (including phenoxy) is 2. The molecule has 0 N–H and O–H groups in total. The van der Waals surface area contributed by atoms with Crippen molar-refractivity contribution < 1.29 is 24.0 Å². The summed E-state index contributed by atoms with van der Waals surface area (Å²) in [5.41, 5.74) is 1.43. The maximum atomic E-state index is 12.8. The van der Waals surface area contributed by atoms with Crippen LogP contribution in [0.1, 0.15) is 25.3 Å². The monoisotopic (exact) mass is 406 g/mol. The summed E-state index contributed by atoms with van der Waals surface area (Å²) in [5.74, 6) is -2.19. The molecule has 150 valence electrons. The highest BCUT2D eigenvalue weighted by molar-refractivity contribution is 7.98. The van der Waals surface area contributed by atoms with E-state index in [0.717, 1.165) is 0 Å². The van der Waals surface area contributed by atoms with Gasteiger partial charge >= 0.3 is 11.9 Å². The third-order valence-corrected chi connectivity index (χ3v) is 5.04. The Hall–Kier alpha value is -2.68. The van der Waals surface area contributed by atoms with Gasteiger partial charge in [-0.3, -0.25) is 19.9 Å². The molecule has 0 saturated heterocycles. The highest BCUT2D eigenvalue weighted by atomic mass is 32.2. The van der Waals surface area contributed by atoms with Gasteiger partial charge in [-0.2, -0.15) is 11.8 Å². The van der Waals surface area contributed by atoms with Crippen LogP contribution in [0, 0.1) is 16.0 Å². The molecule has 0 amide bonds. The molecular weight excluding hydrogens is 384 g/mol. The van der Waals surface area contributed by atoms with Crippen LogP contribution in [-0.4, -0.2) is 48.3 Å². The third kappa shape index (κ3) is 4.59. The van der Waals surface area contributed by atoms with Crippen LogP contribution >= 0.6 is 11.8 Å². The molecule has 28 heavy (non-hydrogen) atoms. The fraction of sp³-hybridized carbons (Fsp3) is 0.421. The number of hydrogen-bond acceptors (Lipinski definition) is 8. The Morgan fingerprint density at radius 2 is 2.04 bits per heavy atom. The van der Waals surface area contributed by atoms with Gasteiger partial charge in [0.15, 0.2) is 0 Å². The second kappa shape index (κ2) is 9.50. The summed E-state index contributed by atoms with van der Waals surface area (Å²) in [5, 5.41) is 11.2. The number of nitrogens with zero attached hydrogens (tertiary/aromatic N) is 2. The van der Waals surface area contributed by atoms with E-state index in [1.54, 1.807) is 19.9 Å². The van der Waals surface area contributed by atoms with E-state index in [2.05, 4.69) is 4.99 Å². The van der Waals surface area contributed by atoms with Gasteiger partial charge in [0, 0.05) is 35.2 Å². The molecule has 8 nitrogen and oxygen atoms in total. The predicted octanol–water partition coefficient (Wildman–Crippen LogP) is 3.12. The molecular formula is C19H22N2O6S. The van der Waals surface area contributed by atoms with Crippen molar-refractivity contribution >= 4 is 35.1 Å². The number of non-ortho nitro benzene ring substituents is 1. The van der Waals surface area contributed by atoms with Crippen LogP contribution in [0.4, 0.5) is 5.69 Å². The fourth-order valence-corrected chi connectivity index (χ4v) is 3.47. The number of aliphatic imine (C=N–C) groups is 1. The second-order valence-electron chi connectivity index (χ2n) is 6.21. The van der Waals surface area contributed by atoms with Gasteiger partial charge in [0.2, 0.25) is 0 Å². The molecule has 0 bridgehead atoms. The number of thioether (sulfide) groups is 1. The lowest BCUT2D eigenvalue weighted by Crippen LogP contribution is -2.36. The minimum Gasteiger partial charge on any atom is -0.468 e. The normalized spacial score (nSPS) is 19.1. The van der Waals surface area contributed by atoms with E-state index in [9.17, 15) is 19.7 Å². The zero-order valence-corrected chi connectivity index (χ0v) is 16.9. The van der Waals surface area contributed by atoms with Crippen molar-refractivity contribution in [1.29, 1.82) is 0 Å². The van der Waals surface area contributed by atoms with E-state index in [-0.39, 0.29) is 17.9 Å². The lowest BCUT2D eigenvalue weighted by molar-refractivity contribution is -0.384. The van der Waals surface area contributed by atoms with Gasteiger partial charge in [0.25, 0.3) is 5.69 Å². The maximum absolute atomic E-state index is 12.8. The minimum absolute atomic E-state index is 0.131. The number of nitro groups is 1. The number of rotatable bonds is 7. The van der Waals surface area contributed by atoms with Crippen molar-refractivity contribution in [2.24, 2.45) is 10.9 Å². The van der Waals surface area contributed by atoms with Gasteiger partial charge in [0.1, 0.15) is 12.5 Å². The number of hydrogen-bond donors (Lipinski definition) is 0. The molecule has 1 aliphatic heterocycles. The zero-order valence-electron chi connectivity index (χ0n) is 16.1. The molecule has 1 heterocycles. The Kier molecular flexibility index (Phi) is 7.33. The minimum atomic E-state index is -0.876. The summed E-state index contributed by atoms with van der Waals surface area (Å²) in [7, 11) is 1.25. The lowest BCUT2D eigenvalue weighted by atomic mass is 9.75. The number of nitro benzene ring substituents is 1. The summed E-state index contributed by atoms with van der Waals surface area (Å²) in [4.78, 5) is 40.3. The van der Waals surface area contributed by atoms with Gasteiger partial charge in [-0.1, -0.05) is 12.1 Å². The van der Waals surface area contributed by atoms with Crippen molar-refractivity contribution in [3.05, 3.63) is 51.2 Å². The average Bonchev–Trinajstić information content (AvgIpc) is 2.67. The van der Waals surface area contributed by atoms with Crippen molar-refractivity contribution in [3.63, 3.8) is 0 Å². The standard InChI is InChI=1S/C19H22N2O6S/c1-11-15(18(22)26-3)17(13-6-5-7-14(10-13)21(24)25)16(12(2)20-11)19(23)27-8-9-28-4/h5-7,10,15,17H,8-9H2,1-4H3/t15?,17-/m0/s1. The molecule has 0 aliphatic carbocycles. The Balaban J connectivity index is 2.59. The van der Waals surface area contributed by atoms with Gasteiger partial charge in [-0.05, 0) is 25.7 Å². The highest BCUT2D eigenvalue weighted by Gasteiger charge is 2.42. The molecule has 1 unspecified atom stereocenters. The topological polar surface area (TPSA) is 108 Å². The van der Waals surface area contributed by atoms with Crippen LogP contribution in [-0.2, 0) is 19.1 Å². The van der Waals surface area contributed by atoms with Crippen molar-refractivity contribution in [3.8, 4) is 0 Å². The van der Waals surface area contributed by atoms with Crippen molar-refractivity contribution in [1.82, 2.24) is 0 Å². The van der Waals surface area contributed by atoms with E-state index in [0.29, 0.717) is 22.7 Å². The Bertz CT molecular complexity index is 849.